The Morgan fingerprint density at radius 3 is 2.87 bits per heavy atom. The van der Waals surface area contributed by atoms with E-state index in [9.17, 15) is 4.79 Å². The smallest absolute Gasteiger partial charge is 0.337 e. The Balaban J connectivity index is 2.66. The zero-order valence-corrected chi connectivity index (χ0v) is 8.48. The fourth-order valence-corrected chi connectivity index (χ4v) is 1.48. The Hall–Kier alpha value is -1.91. The summed E-state index contributed by atoms with van der Waals surface area (Å²) in [6.45, 7) is 4.03. The summed E-state index contributed by atoms with van der Waals surface area (Å²) in [5.74, 6) is -0.707. The molecule has 2 N–H and O–H groups in total. The van der Waals surface area contributed by atoms with Gasteiger partial charge in [-0.3, -0.25) is 5.10 Å². The van der Waals surface area contributed by atoms with Crippen LogP contribution in [0.3, 0.4) is 0 Å². The van der Waals surface area contributed by atoms with Crippen molar-refractivity contribution in [3.8, 4) is 0 Å². The first kappa shape index (κ1) is 9.64. The second kappa shape index (κ2) is 3.34. The summed E-state index contributed by atoms with van der Waals surface area (Å²) in [6, 6.07) is 1.60. The van der Waals surface area contributed by atoms with E-state index in [1.165, 1.54) is 6.20 Å². The van der Waals surface area contributed by atoms with Gasteiger partial charge in [0.25, 0.3) is 0 Å². The predicted molar refractivity (Wildman–Crippen MR) is 54.9 cm³/mol. The van der Waals surface area contributed by atoms with E-state index in [1.54, 1.807) is 6.07 Å². The molecule has 15 heavy (non-hydrogen) atoms. The number of pyridine rings is 1. The summed E-state index contributed by atoms with van der Waals surface area (Å²) in [5.41, 5.74) is 1.66. The summed E-state index contributed by atoms with van der Waals surface area (Å²) in [7, 11) is 0. The molecule has 0 spiro atoms. The van der Waals surface area contributed by atoms with Crippen molar-refractivity contribution in [2.45, 2.75) is 19.8 Å². The molecular formula is C10H11N3O2. The lowest BCUT2D eigenvalue weighted by Crippen LogP contribution is -1.97. The first-order chi connectivity index (χ1) is 7.09. The van der Waals surface area contributed by atoms with E-state index in [-0.39, 0.29) is 11.5 Å². The molecule has 0 aliphatic heterocycles. The first-order valence-electron chi connectivity index (χ1n) is 4.67. The van der Waals surface area contributed by atoms with Gasteiger partial charge in [-0.25, -0.2) is 9.78 Å². The van der Waals surface area contributed by atoms with Gasteiger partial charge < -0.3 is 5.11 Å². The molecule has 0 aliphatic carbocycles. The number of carboxylic acid groups (broad SMARTS) is 1. The molecule has 0 saturated heterocycles. The van der Waals surface area contributed by atoms with Crippen LogP contribution in [0.2, 0.25) is 0 Å². The van der Waals surface area contributed by atoms with Gasteiger partial charge in [-0.15, -0.1) is 0 Å². The minimum atomic E-state index is -0.972. The molecule has 5 nitrogen and oxygen atoms in total. The molecule has 0 fully saturated rings. The number of aromatic carboxylic acids is 1. The van der Waals surface area contributed by atoms with E-state index in [2.05, 4.69) is 15.2 Å². The molecule has 0 atom stereocenters. The minimum absolute atomic E-state index is 0.186. The second-order valence-electron chi connectivity index (χ2n) is 3.69. The van der Waals surface area contributed by atoms with E-state index in [4.69, 9.17) is 5.11 Å². The number of aromatic amines is 1. The Morgan fingerprint density at radius 2 is 2.27 bits per heavy atom. The lowest BCUT2D eigenvalue weighted by Gasteiger charge is -2.01. The average molecular weight is 205 g/mol. The zero-order valence-electron chi connectivity index (χ0n) is 8.48. The quantitative estimate of drug-likeness (QED) is 0.783. The fourth-order valence-electron chi connectivity index (χ4n) is 1.48. The molecule has 2 rings (SSSR count). The van der Waals surface area contributed by atoms with Crippen LogP contribution in [0.25, 0.3) is 11.0 Å². The van der Waals surface area contributed by atoms with Crippen LogP contribution in [-0.4, -0.2) is 26.3 Å². The maximum atomic E-state index is 10.8. The third-order valence-electron chi connectivity index (χ3n) is 2.26. The van der Waals surface area contributed by atoms with Crippen LogP contribution < -0.4 is 0 Å². The van der Waals surface area contributed by atoms with Gasteiger partial charge in [0.05, 0.1) is 5.56 Å². The summed E-state index contributed by atoms with van der Waals surface area (Å²) in [4.78, 5) is 14.8. The number of nitrogens with one attached hydrogen (secondary N) is 1. The number of carbonyl (C=O) groups is 1. The minimum Gasteiger partial charge on any atom is -0.478 e. The highest BCUT2D eigenvalue weighted by Gasteiger charge is 2.12. The standard InChI is InChI=1S/C10H11N3O2/c1-5(2)8-7-3-6(10(14)15)4-11-9(7)13-12-8/h3-5H,1-2H3,(H,14,15)(H,11,12,13). The van der Waals surface area contributed by atoms with Crippen LogP contribution in [0.15, 0.2) is 12.3 Å². The van der Waals surface area contributed by atoms with Gasteiger partial charge in [0.15, 0.2) is 5.65 Å². The molecule has 2 heterocycles. The summed E-state index contributed by atoms with van der Waals surface area (Å²) in [5, 5.41) is 16.5. The highest BCUT2D eigenvalue weighted by Crippen LogP contribution is 2.22. The molecule has 0 bridgehead atoms. The average Bonchev–Trinajstić information content (AvgIpc) is 2.59. The monoisotopic (exact) mass is 205 g/mol. The van der Waals surface area contributed by atoms with Crippen molar-refractivity contribution < 1.29 is 9.90 Å². The van der Waals surface area contributed by atoms with Crippen molar-refractivity contribution in [3.63, 3.8) is 0 Å². The number of nitrogens with zero attached hydrogens (tertiary/aromatic N) is 2. The summed E-state index contributed by atoms with van der Waals surface area (Å²) >= 11 is 0. The lowest BCUT2D eigenvalue weighted by atomic mass is 10.1. The Bertz CT molecular complexity index is 516. The fraction of sp³-hybridized carbons (Fsp3) is 0.300. The third kappa shape index (κ3) is 1.56. The number of hydrogen-bond donors (Lipinski definition) is 2. The van der Waals surface area contributed by atoms with Gasteiger partial charge in [0.1, 0.15) is 0 Å². The second-order valence-corrected chi connectivity index (χ2v) is 3.69. The van der Waals surface area contributed by atoms with Crippen LogP contribution in [0.1, 0.15) is 35.8 Å². The molecule has 0 unspecified atom stereocenters. The predicted octanol–water partition coefficient (Wildman–Crippen LogP) is 1.78. The summed E-state index contributed by atoms with van der Waals surface area (Å²) < 4.78 is 0. The molecule has 2 aromatic heterocycles. The van der Waals surface area contributed by atoms with Crippen LogP contribution in [-0.2, 0) is 0 Å². The van der Waals surface area contributed by atoms with E-state index >= 15 is 0 Å². The number of fused-ring (bicyclic) bond motifs is 1. The van der Waals surface area contributed by atoms with Crippen molar-refractivity contribution in [1.82, 2.24) is 15.2 Å². The number of hydrogen-bond acceptors (Lipinski definition) is 3. The summed E-state index contributed by atoms with van der Waals surface area (Å²) in [6.07, 6.45) is 1.32. The molecule has 0 saturated carbocycles. The van der Waals surface area contributed by atoms with Crippen molar-refractivity contribution in [3.05, 3.63) is 23.5 Å². The maximum Gasteiger partial charge on any atom is 0.337 e. The van der Waals surface area contributed by atoms with Gasteiger partial charge in [-0.1, -0.05) is 13.8 Å². The van der Waals surface area contributed by atoms with Gasteiger partial charge in [0, 0.05) is 17.3 Å². The highest BCUT2D eigenvalue weighted by atomic mass is 16.4. The van der Waals surface area contributed by atoms with E-state index in [1.807, 2.05) is 13.8 Å². The Labute approximate surface area is 86.1 Å². The Morgan fingerprint density at radius 1 is 1.53 bits per heavy atom. The molecule has 0 amide bonds. The number of aromatic nitrogens is 3. The SMILES string of the molecule is CC(C)c1[nH]nc2ncc(C(=O)O)cc12. The van der Waals surface area contributed by atoms with Crippen molar-refractivity contribution in [2.24, 2.45) is 0 Å². The van der Waals surface area contributed by atoms with Crippen LogP contribution >= 0.6 is 0 Å². The molecule has 2 aromatic rings. The van der Waals surface area contributed by atoms with Crippen molar-refractivity contribution >= 4 is 17.0 Å². The van der Waals surface area contributed by atoms with E-state index < -0.39 is 5.97 Å². The van der Waals surface area contributed by atoms with Crippen LogP contribution in [0.4, 0.5) is 0 Å². The van der Waals surface area contributed by atoms with Gasteiger partial charge in [-0.05, 0) is 12.0 Å². The molecule has 0 radical (unpaired) electrons. The topological polar surface area (TPSA) is 78.9 Å². The molecule has 5 heteroatoms. The maximum absolute atomic E-state index is 10.8. The molecular weight excluding hydrogens is 194 g/mol. The van der Waals surface area contributed by atoms with Crippen LogP contribution in [0, 0.1) is 0 Å². The number of carboxylic acids is 1. The molecule has 0 aromatic carbocycles. The highest BCUT2D eigenvalue weighted by molar-refractivity contribution is 5.92. The van der Waals surface area contributed by atoms with Crippen LogP contribution in [0.5, 0.6) is 0 Å². The molecule has 0 aliphatic rings. The normalized spacial score (nSPS) is 11.1. The van der Waals surface area contributed by atoms with Gasteiger partial charge in [-0.2, -0.15) is 5.10 Å². The number of H-pyrrole nitrogens is 1. The third-order valence-corrected chi connectivity index (χ3v) is 2.26. The van der Waals surface area contributed by atoms with Crippen molar-refractivity contribution in [1.29, 1.82) is 0 Å². The van der Waals surface area contributed by atoms with Gasteiger partial charge in [0.2, 0.25) is 0 Å². The zero-order chi connectivity index (χ0) is 11.0. The molecule has 78 valence electrons. The first-order valence-corrected chi connectivity index (χ1v) is 4.67. The Kier molecular flexibility index (Phi) is 2.15. The van der Waals surface area contributed by atoms with Gasteiger partial charge >= 0.3 is 5.97 Å². The van der Waals surface area contributed by atoms with E-state index in [0.29, 0.717) is 5.65 Å². The van der Waals surface area contributed by atoms with E-state index in [0.717, 1.165) is 11.1 Å². The van der Waals surface area contributed by atoms with Crippen molar-refractivity contribution in [2.75, 3.05) is 0 Å². The largest absolute Gasteiger partial charge is 0.478 e. The lowest BCUT2D eigenvalue weighted by molar-refractivity contribution is 0.0696. The number of rotatable bonds is 2.